The number of hydrogen-bond donors (Lipinski definition) is 0. The maximum absolute atomic E-state index is 4.72. The number of nitrogens with zero attached hydrogens (tertiary/aromatic N) is 4. The summed E-state index contributed by atoms with van der Waals surface area (Å²) in [7, 11) is 0. The zero-order valence-electron chi connectivity index (χ0n) is 12.1. The average molecular weight is 298 g/mol. The molecule has 0 radical (unpaired) electrons. The molecule has 0 spiro atoms. The van der Waals surface area contributed by atoms with Crippen molar-refractivity contribution in [2.75, 3.05) is 13.1 Å². The third-order valence-corrected chi connectivity index (χ3v) is 4.90. The molecule has 2 aromatic heterocycles. The quantitative estimate of drug-likeness (QED) is 0.745. The van der Waals surface area contributed by atoms with Gasteiger partial charge >= 0.3 is 0 Å². The summed E-state index contributed by atoms with van der Waals surface area (Å²) < 4.78 is 2.05. The molecular formula is C16H18N4S. The zero-order chi connectivity index (χ0) is 14.2. The molecule has 0 aliphatic carbocycles. The monoisotopic (exact) mass is 298 g/mol. The van der Waals surface area contributed by atoms with Gasteiger partial charge in [-0.2, -0.15) is 5.10 Å². The van der Waals surface area contributed by atoms with Crippen LogP contribution in [0.2, 0.25) is 0 Å². The van der Waals surface area contributed by atoms with Crippen LogP contribution in [-0.2, 0) is 19.4 Å². The Bertz CT molecular complexity index is 759. The highest BCUT2D eigenvalue weighted by Gasteiger charge is 2.22. The van der Waals surface area contributed by atoms with Crippen molar-refractivity contribution in [1.29, 1.82) is 0 Å². The van der Waals surface area contributed by atoms with Crippen LogP contribution < -0.4 is 0 Å². The number of aromatic nitrogens is 3. The summed E-state index contributed by atoms with van der Waals surface area (Å²) in [5, 5.41) is 5.67. The molecule has 0 saturated carbocycles. The number of aryl methyl sites for hydroxylation is 1. The summed E-state index contributed by atoms with van der Waals surface area (Å²) in [5.74, 6) is 0. The Labute approximate surface area is 128 Å². The molecule has 3 heterocycles. The van der Waals surface area contributed by atoms with Gasteiger partial charge in [0, 0.05) is 26.1 Å². The SMILES string of the molecule is Cc1nn2c3c(nc2s1)CCN(CCc1ccccc1)C3. The molecule has 5 heteroatoms. The molecule has 0 N–H and O–H groups in total. The number of fused-ring (bicyclic) bond motifs is 3. The third-order valence-electron chi connectivity index (χ3n) is 4.08. The Hall–Kier alpha value is -1.72. The van der Waals surface area contributed by atoms with E-state index >= 15 is 0 Å². The molecule has 0 bridgehead atoms. The van der Waals surface area contributed by atoms with Gasteiger partial charge in [0.05, 0.1) is 11.4 Å². The van der Waals surface area contributed by atoms with Crippen molar-refractivity contribution >= 4 is 16.3 Å². The molecule has 21 heavy (non-hydrogen) atoms. The molecule has 108 valence electrons. The van der Waals surface area contributed by atoms with E-state index in [1.807, 2.05) is 11.4 Å². The van der Waals surface area contributed by atoms with Gasteiger partial charge in [0.25, 0.3) is 0 Å². The van der Waals surface area contributed by atoms with Crippen molar-refractivity contribution in [3.63, 3.8) is 0 Å². The highest BCUT2D eigenvalue weighted by atomic mass is 32.1. The Morgan fingerprint density at radius 1 is 1.24 bits per heavy atom. The Morgan fingerprint density at radius 3 is 2.95 bits per heavy atom. The highest BCUT2D eigenvalue weighted by Crippen LogP contribution is 2.23. The second kappa shape index (κ2) is 5.24. The van der Waals surface area contributed by atoms with Crippen LogP contribution in [0.5, 0.6) is 0 Å². The fourth-order valence-corrected chi connectivity index (χ4v) is 3.74. The molecule has 1 aliphatic rings. The first-order valence-electron chi connectivity index (χ1n) is 7.40. The van der Waals surface area contributed by atoms with Crippen LogP contribution in [0, 0.1) is 6.92 Å². The number of benzene rings is 1. The van der Waals surface area contributed by atoms with Crippen LogP contribution in [0.25, 0.3) is 4.96 Å². The summed E-state index contributed by atoms with van der Waals surface area (Å²) in [6.45, 7) is 5.21. The van der Waals surface area contributed by atoms with Crippen molar-refractivity contribution in [2.24, 2.45) is 0 Å². The molecule has 0 atom stereocenters. The molecular weight excluding hydrogens is 280 g/mol. The van der Waals surface area contributed by atoms with Crippen molar-refractivity contribution in [3.05, 3.63) is 52.3 Å². The van der Waals surface area contributed by atoms with Gasteiger partial charge in [0.1, 0.15) is 5.01 Å². The first-order chi connectivity index (χ1) is 10.3. The van der Waals surface area contributed by atoms with E-state index in [9.17, 15) is 0 Å². The van der Waals surface area contributed by atoms with E-state index in [4.69, 9.17) is 4.98 Å². The number of hydrogen-bond acceptors (Lipinski definition) is 4. The fraction of sp³-hybridized carbons (Fsp3) is 0.375. The summed E-state index contributed by atoms with van der Waals surface area (Å²) in [6, 6.07) is 10.7. The first-order valence-corrected chi connectivity index (χ1v) is 8.21. The van der Waals surface area contributed by atoms with E-state index in [0.717, 1.165) is 42.4 Å². The first kappa shape index (κ1) is 13.0. The maximum atomic E-state index is 4.72. The Morgan fingerprint density at radius 2 is 2.10 bits per heavy atom. The van der Waals surface area contributed by atoms with Gasteiger partial charge in [-0.25, -0.2) is 9.50 Å². The van der Waals surface area contributed by atoms with Crippen molar-refractivity contribution < 1.29 is 0 Å². The van der Waals surface area contributed by atoms with Crippen molar-refractivity contribution in [3.8, 4) is 0 Å². The maximum Gasteiger partial charge on any atom is 0.212 e. The van der Waals surface area contributed by atoms with Gasteiger partial charge in [-0.1, -0.05) is 41.7 Å². The molecule has 3 aromatic rings. The van der Waals surface area contributed by atoms with Crippen molar-refractivity contribution in [1.82, 2.24) is 19.5 Å². The average Bonchev–Trinajstić information content (AvgIpc) is 3.02. The normalized spacial score (nSPS) is 15.5. The molecule has 0 fully saturated rings. The van der Waals surface area contributed by atoms with Gasteiger partial charge < -0.3 is 0 Å². The lowest BCUT2D eigenvalue weighted by Gasteiger charge is -2.26. The molecule has 1 aromatic carbocycles. The zero-order valence-corrected chi connectivity index (χ0v) is 12.9. The van der Waals surface area contributed by atoms with Crippen LogP contribution in [0.15, 0.2) is 30.3 Å². The second-order valence-corrected chi connectivity index (χ2v) is 6.74. The van der Waals surface area contributed by atoms with Crippen LogP contribution in [-0.4, -0.2) is 32.6 Å². The predicted octanol–water partition coefficient (Wildman–Crippen LogP) is 2.70. The summed E-state index contributed by atoms with van der Waals surface area (Å²) in [6.07, 6.45) is 2.15. The van der Waals surface area contributed by atoms with Gasteiger partial charge in [-0.3, -0.25) is 4.90 Å². The standard InChI is InChI=1S/C16H18N4S/c1-12-18-20-15-11-19(9-7-13-5-3-2-4-6-13)10-8-14(15)17-16(20)21-12/h2-6H,7-11H2,1H3. The van der Waals surface area contributed by atoms with E-state index in [2.05, 4.69) is 40.3 Å². The van der Waals surface area contributed by atoms with Crippen LogP contribution in [0.1, 0.15) is 22.0 Å². The minimum absolute atomic E-state index is 0.965. The Kier molecular flexibility index (Phi) is 3.24. The summed E-state index contributed by atoms with van der Waals surface area (Å²) in [4.78, 5) is 8.28. The minimum atomic E-state index is 0.965. The molecule has 4 nitrogen and oxygen atoms in total. The van der Waals surface area contributed by atoms with E-state index in [0.29, 0.717) is 0 Å². The van der Waals surface area contributed by atoms with Gasteiger partial charge in [0.2, 0.25) is 4.96 Å². The van der Waals surface area contributed by atoms with E-state index < -0.39 is 0 Å². The topological polar surface area (TPSA) is 33.4 Å². The van der Waals surface area contributed by atoms with Crippen molar-refractivity contribution in [2.45, 2.75) is 26.3 Å². The minimum Gasteiger partial charge on any atom is -0.297 e. The van der Waals surface area contributed by atoms with Crippen LogP contribution in [0.4, 0.5) is 0 Å². The van der Waals surface area contributed by atoms with E-state index in [1.54, 1.807) is 11.3 Å². The number of imidazole rings is 1. The molecule has 0 saturated heterocycles. The lowest BCUT2D eigenvalue weighted by atomic mass is 10.1. The predicted molar refractivity (Wildman–Crippen MR) is 84.7 cm³/mol. The smallest absolute Gasteiger partial charge is 0.212 e. The van der Waals surface area contributed by atoms with Gasteiger partial charge in [0.15, 0.2) is 0 Å². The van der Waals surface area contributed by atoms with E-state index in [1.165, 1.54) is 17.0 Å². The third kappa shape index (κ3) is 2.47. The molecule has 1 aliphatic heterocycles. The van der Waals surface area contributed by atoms with Gasteiger partial charge in [-0.15, -0.1) is 0 Å². The van der Waals surface area contributed by atoms with Crippen LogP contribution >= 0.6 is 11.3 Å². The Balaban J connectivity index is 1.50. The summed E-state index contributed by atoms with van der Waals surface area (Å²) in [5.41, 5.74) is 3.93. The molecule has 0 unspecified atom stereocenters. The van der Waals surface area contributed by atoms with Gasteiger partial charge in [-0.05, 0) is 18.9 Å². The largest absolute Gasteiger partial charge is 0.297 e. The van der Waals surface area contributed by atoms with E-state index in [-0.39, 0.29) is 0 Å². The second-order valence-electron chi connectivity index (χ2n) is 5.58. The molecule has 4 rings (SSSR count). The fourth-order valence-electron chi connectivity index (χ4n) is 2.96. The van der Waals surface area contributed by atoms with Crippen LogP contribution in [0.3, 0.4) is 0 Å². The molecule has 0 amide bonds. The lowest BCUT2D eigenvalue weighted by Crippen LogP contribution is -2.32. The summed E-state index contributed by atoms with van der Waals surface area (Å²) >= 11 is 1.68. The number of rotatable bonds is 3. The lowest BCUT2D eigenvalue weighted by molar-refractivity contribution is 0.250. The highest BCUT2D eigenvalue weighted by molar-refractivity contribution is 7.16.